The van der Waals surface area contributed by atoms with Gasteiger partial charge in [-0.1, -0.05) is 11.6 Å². The summed E-state index contributed by atoms with van der Waals surface area (Å²) in [5, 5.41) is 9.07. The maximum Gasteiger partial charge on any atom is 0.416 e. The van der Waals surface area contributed by atoms with Crippen molar-refractivity contribution in [2.24, 2.45) is 7.05 Å². The van der Waals surface area contributed by atoms with Gasteiger partial charge in [0.1, 0.15) is 0 Å². The second kappa shape index (κ2) is 8.08. The van der Waals surface area contributed by atoms with Crippen LogP contribution in [0, 0.1) is 0 Å². The number of hydrogen-bond acceptors (Lipinski definition) is 3. The fourth-order valence-electron chi connectivity index (χ4n) is 4.12. The van der Waals surface area contributed by atoms with Gasteiger partial charge in [-0.05, 0) is 48.9 Å². The Morgan fingerprint density at radius 2 is 1.94 bits per heavy atom. The van der Waals surface area contributed by atoms with Crippen LogP contribution in [0.4, 0.5) is 13.2 Å². The van der Waals surface area contributed by atoms with Crippen LogP contribution in [0.1, 0.15) is 22.3 Å². The lowest BCUT2D eigenvalue weighted by Gasteiger charge is -2.14. The minimum atomic E-state index is -4.40. The van der Waals surface area contributed by atoms with E-state index < -0.39 is 11.7 Å². The molecule has 2 aromatic carbocycles. The summed E-state index contributed by atoms with van der Waals surface area (Å²) in [6.07, 6.45) is 0.218. The quantitative estimate of drug-likeness (QED) is 0.458. The Morgan fingerprint density at radius 3 is 2.64 bits per heavy atom. The molecule has 6 nitrogen and oxygen atoms in total. The third-order valence-electron chi connectivity index (χ3n) is 5.80. The first kappa shape index (κ1) is 21.3. The molecule has 0 spiro atoms. The molecule has 1 amide bonds. The number of rotatable bonds is 4. The van der Waals surface area contributed by atoms with Gasteiger partial charge in [0, 0.05) is 41.8 Å². The number of carbonyl (C=O) groups is 1. The van der Waals surface area contributed by atoms with E-state index in [4.69, 9.17) is 4.74 Å². The van der Waals surface area contributed by atoms with E-state index in [0.29, 0.717) is 36.7 Å². The summed E-state index contributed by atoms with van der Waals surface area (Å²) >= 11 is 0. The van der Waals surface area contributed by atoms with Gasteiger partial charge in [0.2, 0.25) is 0 Å². The van der Waals surface area contributed by atoms with Gasteiger partial charge in [-0.25, -0.2) is 0 Å². The Kier molecular flexibility index (Phi) is 5.20. The third-order valence-corrected chi connectivity index (χ3v) is 5.80. The molecular weight excluding hydrogens is 433 g/mol. The molecule has 0 bridgehead atoms. The number of fused-ring (bicyclic) bond motifs is 3. The number of carbonyl (C=O) groups excluding carboxylic acids is 1. The van der Waals surface area contributed by atoms with E-state index in [1.54, 1.807) is 34.5 Å². The van der Waals surface area contributed by atoms with E-state index in [-0.39, 0.29) is 5.91 Å². The second-order valence-corrected chi connectivity index (χ2v) is 8.02. The van der Waals surface area contributed by atoms with E-state index in [1.165, 1.54) is 12.1 Å². The number of hydrogen-bond donors (Lipinski definition) is 1. The topological polar surface area (TPSA) is 61.1 Å². The highest BCUT2D eigenvalue weighted by Crippen LogP contribution is 2.34. The smallest absolute Gasteiger partial charge is 0.377 e. The van der Waals surface area contributed by atoms with Gasteiger partial charge in [-0.15, -0.1) is 0 Å². The number of nitrogens with zero attached hydrogens (tertiary/aromatic N) is 3. The lowest BCUT2D eigenvalue weighted by Crippen LogP contribution is -2.27. The van der Waals surface area contributed by atoms with Crippen molar-refractivity contribution in [3.05, 3.63) is 71.4 Å². The molecule has 3 heterocycles. The van der Waals surface area contributed by atoms with E-state index in [9.17, 15) is 18.0 Å². The van der Waals surface area contributed by atoms with Gasteiger partial charge < -0.3 is 10.1 Å². The summed E-state index contributed by atoms with van der Waals surface area (Å²) in [7, 11) is 1.78. The Morgan fingerprint density at radius 1 is 1.15 bits per heavy atom. The van der Waals surface area contributed by atoms with Gasteiger partial charge in [-0.3, -0.25) is 14.0 Å². The SMILES string of the molecule is Cn1cc2c3cc(C(=O)NCC4=CCOCC4)ccc3n(-c3ccc(C(F)(F)F)cc3)c2n1. The van der Waals surface area contributed by atoms with Crippen molar-refractivity contribution >= 4 is 27.8 Å². The number of ether oxygens (including phenoxy) is 1. The van der Waals surface area contributed by atoms with E-state index in [2.05, 4.69) is 10.4 Å². The highest BCUT2D eigenvalue weighted by atomic mass is 19.4. The average Bonchev–Trinajstić information content (AvgIpc) is 3.32. The summed E-state index contributed by atoms with van der Waals surface area (Å²) in [6, 6.07) is 10.3. The minimum absolute atomic E-state index is 0.191. The summed E-state index contributed by atoms with van der Waals surface area (Å²) in [4.78, 5) is 12.8. The van der Waals surface area contributed by atoms with Gasteiger partial charge in [0.05, 0.1) is 24.3 Å². The molecule has 1 aliphatic rings. The number of aryl methyl sites for hydroxylation is 1. The minimum Gasteiger partial charge on any atom is -0.377 e. The molecule has 2 aromatic heterocycles. The average molecular weight is 454 g/mol. The molecule has 33 heavy (non-hydrogen) atoms. The van der Waals surface area contributed by atoms with E-state index >= 15 is 0 Å². The van der Waals surface area contributed by atoms with Gasteiger partial charge in [0.25, 0.3) is 5.91 Å². The Balaban J connectivity index is 1.53. The van der Waals surface area contributed by atoms with E-state index in [1.807, 2.05) is 12.3 Å². The maximum absolute atomic E-state index is 13.0. The highest BCUT2D eigenvalue weighted by Gasteiger charge is 2.30. The summed E-state index contributed by atoms with van der Waals surface area (Å²) in [5.74, 6) is -0.191. The van der Waals surface area contributed by atoms with Crippen molar-refractivity contribution in [1.82, 2.24) is 19.7 Å². The molecule has 170 valence electrons. The number of amides is 1. The molecule has 5 rings (SSSR count). The number of nitrogens with one attached hydrogen (secondary N) is 1. The zero-order valence-corrected chi connectivity index (χ0v) is 17.8. The molecule has 0 unspecified atom stereocenters. The molecule has 1 N–H and O–H groups in total. The summed E-state index contributed by atoms with van der Waals surface area (Å²) in [5.41, 5.74) is 2.86. The van der Waals surface area contributed by atoms with Crippen molar-refractivity contribution in [3.8, 4) is 5.69 Å². The summed E-state index contributed by atoms with van der Waals surface area (Å²) < 4.78 is 47.8. The molecule has 9 heteroatoms. The van der Waals surface area contributed by atoms with Crippen LogP contribution in [-0.4, -0.2) is 40.0 Å². The van der Waals surface area contributed by atoms with Crippen LogP contribution < -0.4 is 5.32 Å². The Hall–Kier alpha value is -3.59. The lowest BCUT2D eigenvalue weighted by molar-refractivity contribution is -0.137. The lowest BCUT2D eigenvalue weighted by atomic mass is 10.1. The van der Waals surface area contributed by atoms with Crippen molar-refractivity contribution < 1.29 is 22.7 Å². The van der Waals surface area contributed by atoms with Crippen LogP contribution in [0.25, 0.3) is 27.6 Å². The normalized spacial score (nSPS) is 14.6. The maximum atomic E-state index is 13.0. The van der Waals surface area contributed by atoms with Crippen molar-refractivity contribution in [3.63, 3.8) is 0 Å². The first-order chi connectivity index (χ1) is 15.8. The van der Waals surface area contributed by atoms with Crippen molar-refractivity contribution in [2.45, 2.75) is 12.6 Å². The molecule has 0 aliphatic carbocycles. The molecule has 1 aliphatic heterocycles. The van der Waals surface area contributed by atoms with Crippen LogP contribution in [0.5, 0.6) is 0 Å². The molecule has 0 saturated heterocycles. The molecule has 0 radical (unpaired) electrons. The third kappa shape index (κ3) is 4.00. The predicted octanol–water partition coefficient (Wildman–Crippen LogP) is 4.61. The van der Waals surface area contributed by atoms with Crippen molar-refractivity contribution in [2.75, 3.05) is 19.8 Å². The van der Waals surface area contributed by atoms with Crippen molar-refractivity contribution in [1.29, 1.82) is 0 Å². The molecule has 0 fully saturated rings. The van der Waals surface area contributed by atoms with Crippen LogP contribution in [0.15, 0.2) is 60.3 Å². The highest BCUT2D eigenvalue weighted by molar-refractivity contribution is 6.10. The number of aromatic nitrogens is 3. The predicted molar refractivity (Wildman–Crippen MR) is 118 cm³/mol. The van der Waals surface area contributed by atoms with E-state index in [0.717, 1.165) is 40.4 Å². The second-order valence-electron chi connectivity index (χ2n) is 8.02. The summed E-state index contributed by atoms with van der Waals surface area (Å²) in [6.45, 7) is 1.69. The fraction of sp³-hybridized carbons (Fsp3) is 0.250. The number of benzene rings is 2. The Bertz CT molecular complexity index is 1380. The Labute approximate surface area is 187 Å². The number of halogens is 3. The van der Waals surface area contributed by atoms with Crippen LogP contribution in [0.3, 0.4) is 0 Å². The fourth-order valence-corrected chi connectivity index (χ4v) is 4.12. The zero-order chi connectivity index (χ0) is 23.2. The van der Waals surface area contributed by atoms with Crippen LogP contribution in [-0.2, 0) is 18.0 Å². The standard InChI is InChI=1S/C24H21F3N4O2/c1-30-14-20-19-12-16(23(32)28-13-15-8-10-33-11-9-15)2-7-21(19)31(22(20)29-30)18-5-3-17(4-6-18)24(25,26)27/h2-8,12,14H,9-11,13H2,1H3,(H,28,32). The zero-order valence-electron chi connectivity index (χ0n) is 17.8. The number of alkyl halides is 3. The molecular formula is C24H21F3N4O2. The first-order valence-electron chi connectivity index (χ1n) is 10.5. The molecule has 4 aromatic rings. The molecule has 0 saturated carbocycles. The van der Waals surface area contributed by atoms with Gasteiger partial charge in [0.15, 0.2) is 5.65 Å². The monoisotopic (exact) mass is 454 g/mol. The van der Waals surface area contributed by atoms with Gasteiger partial charge >= 0.3 is 6.18 Å². The van der Waals surface area contributed by atoms with Gasteiger partial charge in [-0.2, -0.15) is 18.3 Å². The van der Waals surface area contributed by atoms with Crippen LogP contribution in [0.2, 0.25) is 0 Å². The van der Waals surface area contributed by atoms with Crippen LogP contribution >= 0.6 is 0 Å². The largest absolute Gasteiger partial charge is 0.416 e. The first-order valence-corrected chi connectivity index (χ1v) is 10.5. The molecule has 0 atom stereocenters.